The molecule has 63 heavy (non-hydrogen) atoms. The summed E-state index contributed by atoms with van der Waals surface area (Å²) in [6, 6.07) is 0. The maximum Gasteiger partial charge on any atom is 0.316 e. The van der Waals surface area contributed by atoms with Crippen LogP contribution in [-0.4, -0.2) is 141 Å². The van der Waals surface area contributed by atoms with Gasteiger partial charge in [-0.15, -0.1) is 0 Å². The van der Waals surface area contributed by atoms with E-state index >= 15 is 0 Å². The van der Waals surface area contributed by atoms with Gasteiger partial charge in [-0.3, -0.25) is 4.79 Å². The number of carbonyl (C=O) groups excluding carboxylic acids is 1. The van der Waals surface area contributed by atoms with Crippen LogP contribution in [0.15, 0.2) is 47.1 Å². The average molecular weight is 889 g/mol. The van der Waals surface area contributed by atoms with Crippen LogP contribution in [-0.2, 0) is 56.9 Å². The van der Waals surface area contributed by atoms with Gasteiger partial charge in [0.1, 0.15) is 42.0 Å². The Hall–Kier alpha value is -2.05. The molecule has 0 amide bonds. The third-order valence-electron chi connectivity index (χ3n) is 15.2. The largest absolute Gasteiger partial charge is 0.462 e. The average Bonchev–Trinajstić information content (AvgIpc) is 3.59. The Morgan fingerprint density at radius 1 is 0.889 bits per heavy atom. The van der Waals surface area contributed by atoms with Crippen LogP contribution < -0.4 is 0 Å². The van der Waals surface area contributed by atoms with Crippen LogP contribution in [0.1, 0.15) is 107 Å². The molecule has 0 radical (unpaired) electrons. The summed E-state index contributed by atoms with van der Waals surface area (Å²) in [6.45, 7) is 16.6. The molecule has 7 aliphatic rings. The lowest BCUT2D eigenvalue weighted by molar-refractivity contribution is -0.340. The summed E-state index contributed by atoms with van der Waals surface area (Å²) in [7, 11) is 4.83. The topological polar surface area (TPSA) is 159 Å². The van der Waals surface area contributed by atoms with Gasteiger partial charge in [0.15, 0.2) is 18.4 Å². The normalized spacial score (nSPS) is 48.8. The van der Waals surface area contributed by atoms with Crippen molar-refractivity contribution in [2.45, 2.75) is 204 Å². The molecule has 0 aromatic rings. The van der Waals surface area contributed by atoms with Crippen molar-refractivity contribution < 1.29 is 67.1 Å². The SMILES string of the molecule is CC[C@H](C)[C@H]1O[C@]2(CC[C@@H]1C)C[C@@H]1C[C@@H](C/C=C(\C)[C@@H](O[C@H]3C[C@H](OC)[C@@H](O[C@H]4C[C@H](OC)[C@@H](O)[C@H](C)O4)[C@H](C)O3)[C@@H](C)/C=C/C=C3\CO[C@@H]4[C@H](OC)C(C)=C[C@@H](C(=O)O1)[C@]34O)O2. The molecule has 5 fully saturated rings. The molecule has 6 heterocycles. The highest BCUT2D eigenvalue weighted by Gasteiger charge is 2.60. The standard InChI is InChI=1S/C49H76O14/c1-12-26(2)43-29(5)18-19-48(63-43)24-35-21-34(62-48)17-16-28(4)42(60-40-23-38(54-10)45(32(8)58-40)61-39-22-37(53-9)41(50)31(7)57-39)27(3)14-13-15-33-25-56-46-44(55-11)30(6)20-36(47(51)59-35)49(33,46)52/h13-16,20,26-27,29,31-32,34-46,50,52H,12,17-19,21-25H2,1-11H3/b14-13+,28-16+,33-15+/t26-,27-,29-,31-,32-,34+,35-,36-,37-,38-,39-,40-,41-,42-,43+,44+,45-,46+,48+,49+/m0/s1. The first-order valence-electron chi connectivity index (χ1n) is 23.6. The number of rotatable bonds is 9. The fourth-order valence-electron chi connectivity index (χ4n) is 11.2. The summed E-state index contributed by atoms with van der Waals surface area (Å²) >= 11 is 0. The fourth-order valence-corrected chi connectivity index (χ4v) is 11.2. The predicted molar refractivity (Wildman–Crippen MR) is 232 cm³/mol. The zero-order valence-corrected chi connectivity index (χ0v) is 39.4. The Labute approximate surface area is 374 Å². The van der Waals surface area contributed by atoms with Gasteiger partial charge in [0, 0.05) is 59.4 Å². The molecule has 5 saturated heterocycles. The molecule has 1 aliphatic carbocycles. The number of carbonyl (C=O) groups is 1. The Balaban J connectivity index is 1.18. The lowest BCUT2D eigenvalue weighted by Gasteiger charge is -2.51. The number of allylic oxidation sites excluding steroid dienone is 2. The first-order chi connectivity index (χ1) is 30.0. The van der Waals surface area contributed by atoms with Gasteiger partial charge in [0.25, 0.3) is 0 Å². The molecule has 356 valence electrons. The van der Waals surface area contributed by atoms with E-state index in [0.717, 1.165) is 24.0 Å². The van der Waals surface area contributed by atoms with Crippen molar-refractivity contribution in [3.63, 3.8) is 0 Å². The fraction of sp³-hybridized carbons (Fsp3) is 0.816. The molecule has 2 N–H and O–H groups in total. The minimum Gasteiger partial charge on any atom is -0.462 e. The van der Waals surface area contributed by atoms with E-state index < -0.39 is 90.8 Å². The summed E-state index contributed by atoms with van der Waals surface area (Å²) < 4.78 is 70.2. The summed E-state index contributed by atoms with van der Waals surface area (Å²) in [6.07, 6.45) is 7.93. The van der Waals surface area contributed by atoms with Crippen molar-refractivity contribution in [2.24, 2.45) is 23.7 Å². The van der Waals surface area contributed by atoms with Gasteiger partial charge in [-0.1, -0.05) is 64.5 Å². The zero-order valence-electron chi connectivity index (χ0n) is 39.4. The summed E-state index contributed by atoms with van der Waals surface area (Å²) in [5.41, 5.74) is 0.680. The highest BCUT2D eigenvalue weighted by Crippen LogP contribution is 2.48. The second-order valence-electron chi connectivity index (χ2n) is 19.6. The molecule has 0 aromatic heterocycles. The first-order valence-corrected chi connectivity index (χ1v) is 23.6. The molecule has 14 heteroatoms. The maximum absolute atomic E-state index is 14.5. The van der Waals surface area contributed by atoms with Crippen LogP contribution in [0.2, 0.25) is 0 Å². The molecule has 14 nitrogen and oxygen atoms in total. The van der Waals surface area contributed by atoms with Crippen LogP contribution in [0, 0.1) is 23.7 Å². The quantitative estimate of drug-likeness (QED) is 0.198. The number of fused-ring (bicyclic) bond motifs is 2. The van der Waals surface area contributed by atoms with Gasteiger partial charge in [-0.05, 0) is 69.1 Å². The van der Waals surface area contributed by atoms with Crippen molar-refractivity contribution >= 4 is 5.97 Å². The van der Waals surface area contributed by atoms with Gasteiger partial charge < -0.3 is 62.3 Å². The van der Waals surface area contributed by atoms with Crippen LogP contribution in [0.3, 0.4) is 0 Å². The van der Waals surface area contributed by atoms with E-state index in [1.165, 1.54) is 0 Å². The van der Waals surface area contributed by atoms with E-state index in [2.05, 4.69) is 40.7 Å². The molecule has 6 aliphatic heterocycles. The smallest absolute Gasteiger partial charge is 0.316 e. The van der Waals surface area contributed by atoms with Crippen LogP contribution in [0.5, 0.6) is 0 Å². The molecule has 1 spiro atoms. The second kappa shape index (κ2) is 20.4. The molecular formula is C49H76O14. The molecule has 0 unspecified atom stereocenters. The van der Waals surface area contributed by atoms with Gasteiger partial charge in [-0.25, -0.2) is 0 Å². The Bertz CT molecular complexity index is 1690. The second-order valence-corrected chi connectivity index (χ2v) is 19.6. The van der Waals surface area contributed by atoms with Gasteiger partial charge in [0.05, 0.1) is 49.3 Å². The minimum atomic E-state index is -1.70. The van der Waals surface area contributed by atoms with Crippen LogP contribution in [0.25, 0.3) is 0 Å². The third-order valence-corrected chi connectivity index (χ3v) is 15.2. The van der Waals surface area contributed by atoms with Gasteiger partial charge >= 0.3 is 5.97 Å². The number of aliphatic hydroxyl groups is 2. The highest BCUT2D eigenvalue weighted by molar-refractivity contribution is 5.78. The van der Waals surface area contributed by atoms with E-state index in [1.807, 2.05) is 39.0 Å². The number of ether oxygens (including phenoxy) is 11. The van der Waals surface area contributed by atoms with Gasteiger partial charge in [0.2, 0.25) is 0 Å². The third kappa shape index (κ3) is 10.1. The number of methoxy groups -OCH3 is 3. The van der Waals surface area contributed by atoms with Crippen LogP contribution >= 0.6 is 0 Å². The maximum atomic E-state index is 14.5. The van der Waals surface area contributed by atoms with Crippen molar-refractivity contribution in [3.05, 3.63) is 47.1 Å². The highest BCUT2D eigenvalue weighted by atomic mass is 16.7. The number of esters is 1. The van der Waals surface area contributed by atoms with Crippen molar-refractivity contribution in [1.82, 2.24) is 0 Å². The van der Waals surface area contributed by atoms with E-state index in [-0.39, 0.29) is 30.8 Å². The lowest BCUT2D eigenvalue weighted by Crippen LogP contribution is -2.58. The molecule has 2 bridgehead atoms. The molecule has 0 aromatic carbocycles. The zero-order chi connectivity index (χ0) is 45.4. The Morgan fingerprint density at radius 2 is 1.60 bits per heavy atom. The minimum absolute atomic E-state index is 0.00634. The van der Waals surface area contributed by atoms with E-state index in [9.17, 15) is 15.0 Å². The lowest BCUT2D eigenvalue weighted by atomic mass is 9.70. The first kappa shape index (κ1) is 48.9. The summed E-state index contributed by atoms with van der Waals surface area (Å²) in [4.78, 5) is 14.5. The molecule has 20 atom stereocenters. The number of hydrogen-bond acceptors (Lipinski definition) is 14. The number of hydrogen-bond donors (Lipinski definition) is 2. The van der Waals surface area contributed by atoms with E-state index in [1.54, 1.807) is 27.4 Å². The predicted octanol–water partition coefficient (Wildman–Crippen LogP) is 6.26. The van der Waals surface area contributed by atoms with E-state index in [4.69, 9.17) is 52.1 Å². The molecule has 7 rings (SSSR count). The van der Waals surface area contributed by atoms with Crippen molar-refractivity contribution in [2.75, 3.05) is 27.9 Å². The molecule has 0 saturated carbocycles. The Kier molecular flexibility index (Phi) is 15.9. The number of aliphatic hydroxyl groups excluding tert-OH is 1. The van der Waals surface area contributed by atoms with E-state index in [0.29, 0.717) is 55.9 Å². The van der Waals surface area contributed by atoms with Crippen LogP contribution in [0.4, 0.5) is 0 Å². The summed E-state index contributed by atoms with van der Waals surface area (Å²) in [5, 5.41) is 23.3. The van der Waals surface area contributed by atoms with Crippen molar-refractivity contribution in [1.29, 1.82) is 0 Å². The molecular weight excluding hydrogens is 813 g/mol. The van der Waals surface area contributed by atoms with Gasteiger partial charge in [-0.2, -0.15) is 0 Å². The Morgan fingerprint density at radius 3 is 2.32 bits per heavy atom. The monoisotopic (exact) mass is 889 g/mol. The van der Waals surface area contributed by atoms with Crippen molar-refractivity contribution in [3.8, 4) is 0 Å². The summed E-state index contributed by atoms with van der Waals surface area (Å²) in [5.74, 6) is -1.89.